The van der Waals surface area contributed by atoms with Crippen molar-refractivity contribution in [3.63, 3.8) is 0 Å². The van der Waals surface area contributed by atoms with Gasteiger partial charge in [0.25, 0.3) is 0 Å². The molecule has 0 saturated heterocycles. The lowest BCUT2D eigenvalue weighted by Gasteiger charge is -2.36. The van der Waals surface area contributed by atoms with E-state index in [1.165, 1.54) is 7.11 Å². The van der Waals surface area contributed by atoms with Crippen LogP contribution < -0.4 is 9.74 Å². The van der Waals surface area contributed by atoms with E-state index in [1.807, 2.05) is 43.3 Å². The van der Waals surface area contributed by atoms with Crippen LogP contribution in [0.15, 0.2) is 71.6 Å². The van der Waals surface area contributed by atoms with Gasteiger partial charge in [0.2, 0.25) is 8.32 Å². The number of ether oxygens (including phenoxy) is 1. The molecule has 0 saturated carbocycles. The fourth-order valence-corrected chi connectivity index (χ4v) is 5.59. The van der Waals surface area contributed by atoms with E-state index in [1.54, 1.807) is 30.3 Å². The molecular weight excluding hydrogens is 490 g/mol. The summed E-state index contributed by atoms with van der Waals surface area (Å²) in [5.74, 6) is -0.248. The van der Waals surface area contributed by atoms with Gasteiger partial charge in [-0.1, -0.05) is 51.1 Å². The summed E-state index contributed by atoms with van der Waals surface area (Å²) in [5, 5.41) is 3.01. The van der Waals surface area contributed by atoms with E-state index in [-0.39, 0.29) is 21.4 Å². The molecule has 36 heavy (non-hydrogen) atoms. The van der Waals surface area contributed by atoms with E-state index in [0.29, 0.717) is 11.4 Å². The van der Waals surface area contributed by atoms with Crippen LogP contribution in [0.5, 0.6) is 5.75 Å². The lowest BCUT2D eigenvalue weighted by molar-refractivity contribution is 0.0601. The minimum absolute atomic E-state index is 0.0347. The molecule has 0 bridgehead atoms. The second-order valence-corrected chi connectivity index (χ2v) is 17.1. The van der Waals surface area contributed by atoms with Gasteiger partial charge in [-0.2, -0.15) is 0 Å². The van der Waals surface area contributed by atoms with E-state index in [4.69, 9.17) is 9.16 Å². The Balaban J connectivity index is 1.84. The first-order valence-corrected chi connectivity index (χ1v) is 16.4. The molecule has 8 heteroatoms. The largest absolute Gasteiger partial charge is 0.544 e. The van der Waals surface area contributed by atoms with Gasteiger partial charge >= 0.3 is 5.97 Å². The van der Waals surface area contributed by atoms with Crippen molar-refractivity contribution in [1.29, 1.82) is 0 Å². The molecule has 192 valence electrons. The zero-order valence-corrected chi connectivity index (χ0v) is 23.8. The maximum Gasteiger partial charge on any atom is 0.339 e. The average molecular weight is 526 g/mol. The van der Waals surface area contributed by atoms with Crippen molar-refractivity contribution >= 4 is 29.8 Å². The fraction of sp³-hybridized carbons (Fsp3) is 0.321. The molecule has 0 heterocycles. The summed E-state index contributed by atoms with van der Waals surface area (Å²) in [6.07, 6.45) is 0. The predicted molar refractivity (Wildman–Crippen MR) is 148 cm³/mol. The third kappa shape index (κ3) is 6.17. The molecule has 0 aliphatic rings. The Morgan fingerprint density at radius 3 is 2.11 bits per heavy atom. The van der Waals surface area contributed by atoms with Crippen molar-refractivity contribution in [3.05, 3.63) is 77.9 Å². The number of sulfone groups is 1. The SMILES string of the molecule is COC(=O)c1cc(-c2ccccc2)cc(C)c1NCS(=O)(=O)c1ccc(O[Si](C)(C)C(C)(C)C)cc1. The summed E-state index contributed by atoms with van der Waals surface area (Å²) in [7, 11) is -4.41. The molecule has 0 atom stereocenters. The van der Waals surface area contributed by atoms with Gasteiger partial charge in [0.15, 0.2) is 9.84 Å². The monoisotopic (exact) mass is 525 g/mol. The lowest BCUT2D eigenvalue weighted by atomic mass is 9.98. The smallest absolute Gasteiger partial charge is 0.339 e. The average Bonchev–Trinajstić information content (AvgIpc) is 2.82. The van der Waals surface area contributed by atoms with Gasteiger partial charge in [-0.15, -0.1) is 0 Å². The highest BCUT2D eigenvalue weighted by atomic mass is 32.2. The Hall–Kier alpha value is -3.10. The Bertz CT molecular complexity index is 1330. The Kier molecular flexibility index (Phi) is 8.00. The van der Waals surface area contributed by atoms with Crippen LogP contribution in [-0.2, 0) is 14.6 Å². The highest BCUT2D eigenvalue weighted by molar-refractivity contribution is 7.91. The number of aryl methyl sites for hydroxylation is 1. The number of anilines is 1. The maximum absolute atomic E-state index is 13.1. The summed E-state index contributed by atoms with van der Waals surface area (Å²) in [6, 6.07) is 19.8. The Labute approximate surface area is 215 Å². The van der Waals surface area contributed by atoms with E-state index in [9.17, 15) is 13.2 Å². The first-order chi connectivity index (χ1) is 16.7. The van der Waals surface area contributed by atoms with Crippen molar-refractivity contribution in [2.75, 3.05) is 18.3 Å². The van der Waals surface area contributed by atoms with Crippen LogP contribution in [0.3, 0.4) is 0 Å². The maximum atomic E-state index is 13.1. The summed E-state index contributed by atoms with van der Waals surface area (Å²) in [5.41, 5.74) is 3.25. The van der Waals surface area contributed by atoms with Gasteiger partial charge in [-0.05, 0) is 78.1 Å². The minimum Gasteiger partial charge on any atom is -0.544 e. The quantitative estimate of drug-likeness (QED) is 0.261. The summed E-state index contributed by atoms with van der Waals surface area (Å²) >= 11 is 0. The number of methoxy groups -OCH3 is 1. The number of benzene rings is 3. The van der Waals surface area contributed by atoms with Gasteiger partial charge in [0.1, 0.15) is 11.6 Å². The highest BCUT2D eigenvalue weighted by Gasteiger charge is 2.39. The number of esters is 1. The zero-order valence-electron chi connectivity index (χ0n) is 22.0. The molecule has 6 nitrogen and oxygen atoms in total. The van der Waals surface area contributed by atoms with Gasteiger partial charge in [0.05, 0.1) is 23.3 Å². The molecule has 0 aliphatic carbocycles. The fourth-order valence-electron chi connectivity index (χ4n) is 3.50. The Morgan fingerprint density at radius 1 is 0.944 bits per heavy atom. The summed E-state index contributed by atoms with van der Waals surface area (Å²) in [4.78, 5) is 12.7. The standard InChI is InChI=1S/C28H35NO5SSi/c1-20-17-22(21-11-9-8-10-12-21)18-25(27(30)33-5)26(20)29-19-35(31,32)24-15-13-23(14-16-24)34-36(6,7)28(2,3)4/h8-18,29H,19H2,1-7H3. The van der Waals surface area contributed by atoms with Gasteiger partial charge in [-0.25, -0.2) is 13.2 Å². The van der Waals surface area contributed by atoms with Crippen LogP contribution in [0.4, 0.5) is 5.69 Å². The first-order valence-electron chi connectivity index (χ1n) is 11.8. The second-order valence-electron chi connectivity index (χ2n) is 10.3. The van der Waals surface area contributed by atoms with Crippen LogP contribution in [0.2, 0.25) is 18.1 Å². The van der Waals surface area contributed by atoms with Gasteiger partial charge in [-0.3, -0.25) is 0 Å². The number of nitrogens with one attached hydrogen (secondary N) is 1. The van der Waals surface area contributed by atoms with Crippen molar-refractivity contribution in [1.82, 2.24) is 0 Å². The van der Waals surface area contributed by atoms with Crippen LogP contribution in [0.1, 0.15) is 36.7 Å². The third-order valence-corrected chi connectivity index (χ3v) is 12.5. The molecule has 0 amide bonds. The number of rotatable bonds is 8. The summed E-state index contributed by atoms with van der Waals surface area (Å²) in [6.45, 7) is 12.6. The molecule has 0 aliphatic heterocycles. The zero-order chi connectivity index (χ0) is 26.7. The molecule has 3 rings (SSSR count). The van der Waals surface area contributed by atoms with E-state index in [2.05, 4.69) is 39.2 Å². The highest BCUT2D eigenvalue weighted by Crippen LogP contribution is 2.37. The van der Waals surface area contributed by atoms with Crippen LogP contribution >= 0.6 is 0 Å². The number of hydrogen-bond acceptors (Lipinski definition) is 6. The number of carbonyl (C=O) groups is 1. The van der Waals surface area contributed by atoms with Crippen LogP contribution in [0, 0.1) is 6.92 Å². The van der Waals surface area contributed by atoms with Crippen LogP contribution in [0.25, 0.3) is 11.1 Å². The molecule has 3 aromatic rings. The number of carbonyl (C=O) groups excluding carboxylic acids is 1. The van der Waals surface area contributed by atoms with E-state index >= 15 is 0 Å². The molecule has 0 fully saturated rings. The molecule has 0 radical (unpaired) electrons. The van der Waals surface area contributed by atoms with E-state index < -0.39 is 24.1 Å². The molecule has 0 unspecified atom stereocenters. The summed E-state index contributed by atoms with van der Waals surface area (Å²) < 4.78 is 37.4. The molecule has 0 aromatic heterocycles. The van der Waals surface area contributed by atoms with Crippen LogP contribution in [-0.4, -0.2) is 35.7 Å². The molecule has 3 aromatic carbocycles. The van der Waals surface area contributed by atoms with Crippen molar-refractivity contribution < 1.29 is 22.4 Å². The van der Waals surface area contributed by atoms with E-state index in [0.717, 1.165) is 16.7 Å². The number of hydrogen-bond donors (Lipinski definition) is 1. The third-order valence-electron chi connectivity index (χ3n) is 6.65. The van der Waals surface area contributed by atoms with Gasteiger partial charge in [0, 0.05) is 0 Å². The van der Waals surface area contributed by atoms with Crippen molar-refractivity contribution in [2.45, 2.75) is 50.7 Å². The normalized spacial score (nSPS) is 12.2. The van der Waals surface area contributed by atoms with Crippen molar-refractivity contribution in [2.24, 2.45) is 0 Å². The topological polar surface area (TPSA) is 81.7 Å². The lowest BCUT2D eigenvalue weighted by Crippen LogP contribution is -2.43. The molecule has 0 spiro atoms. The predicted octanol–water partition coefficient (Wildman–Crippen LogP) is 6.68. The van der Waals surface area contributed by atoms with Gasteiger partial charge < -0.3 is 14.5 Å². The Morgan fingerprint density at radius 2 is 1.56 bits per heavy atom. The first kappa shape index (κ1) is 27.5. The molecular formula is C28H35NO5SSi. The second kappa shape index (κ2) is 10.5. The van der Waals surface area contributed by atoms with Crippen molar-refractivity contribution in [3.8, 4) is 16.9 Å². The molecule has 1 N–H and O–H groups in total. The minimum atomic E-state index is -3.68.